The van der Waals surface area contributed by atoms with Gasteiger partial charge in [0.05, 0.1) is 22.1 Å². The minimum Gasteiger partial charge on any atom is -0.506 e. The van der Waals surface area contributed by atoms with Gasteiger partial charge in [0, 0.05) is 16.1 Å². The van der Waals surface area contributed by atoms with E-state index in [9.17, 15) is 14.7 Å². The van der Waals surface area contributed by atoms with Gasteiger partial charge in [0.2, 0.25) is 0 Å². The maximum atomic E-state index is 12.8. The molecule has 3 aromatic rings. The fourth-order valence-corrected chi connectivity index (χ4v) is 4.83. The second-order valence-corrected chi connectivity index (χ2v) is 9.52. The first-order chi connectivity index (χ1) is 17.9. The van der Waals surface area contributed by atoms with Crippen molar-refractivity contribution in [2.75, 3.05) is 6.61 Å². The molecule has 1 amide bonds. The Morgan fingerprint density at radius 2 is 1.65 bits per heavy atom. The number of rotatable bonds is 7. The number of esters is 1. The van der Waals surface area contributed by atoms with Crippen LogP contribution in [0.3, 0.4) is 0 Å². The molecule has 6 nitrogen and oxygen atoms in total. The molecule has 9 heteroatoms. The number of aliphatic hydroxyl groups is 1. The fourth-order valence-electron chi connectivity index (χ4n) is 3.42. The van der Waals surface area contributed by atoms with E-state index >= 15 is 0 Å². The molecule has 1 aliphatic heterocycles. The van der Waals surface area contributed by atoms with Crippen LogP contribution < -0.4 is 4.74 Å². The van der Waals surface area contributed by atoms with Crippen molar-refractivity contribution >= 4 is 58.0 Å². The number of amides is 1. The average Bonchev–Trinajstić information content (AvgIpc) is 3.18. The Hall–Kier alpha value is -3.52. The largest absolute Gasteiger partial charge is 0.506 e. The highest BCUT2D eigenvalue weighted by atomic mass is 35.5. The van der Waals surface area contributed by atoms with Crippen LogP contribution in [0.4, 0.5) is 0 Å². The van der Waals surface area contributed by atoms with E-state index in [-0.39, 0.29) is 40.2 Å². The summed E-state index contributed by atoms with van der Waals surface area (Å²) in [6, 6.07) is 21.0. The third-order valence-corrected chi connectivity index (χ3v) is 6.94. The number of aliphatic imine (C=N–C) groups is 1. The molecule has 4 rings (SSSR count). The van der Waals surface area contributed by atoms with Gasteiger partial charge in [-0.2, -0.15) is 0 Å². The SMILES string of the molecule is CCOC(=O)C1=C(O)/C(=C/c2ccccc2OCc2ccccc2Cl)SC1=NC(=O)c1ccccc1Cl. The van der Waals surface area contributed by atoms with Crippen molar-refractivity contribution in [2.24, 2.45) is 4.99 Å². The zero-order valence-corrected chi connectivity index (χ0v) is 21.9. The molecular weight excluding hydrogens is 533 g/mol. The van der Waals surface area contributed by atoms with Gasteiger partial charge >= 0.3 is 5.97 Å². The molecule has 0 saturated heterocycles. The number of para-hydroxylation sites is 1. The molecule has 0 fully saturated rings. The van der Waals surface area contributed by atoms with Crippen molar-refractivity contribution in [1.82, 2.24) is 0 Å². The molecular formula is C28H21Cl2NO5S. The van der Waals surface area contributed by atoms with Crippen molar-refractivity contribution in [1.29, 1.82) is 0 Å². The first kappa shape index (κ1) is 26.5. The number of carbonyl (C=O) groups is 2. The number of carbonyl (C=O) groups excluding carboxylic acids is 2. The second-order valence-electron chi connectivity index (χ2n) is 7.67. The standard InChI is InChI=1S/C28H21Cl2NO5S/c1-2-35-28(34)24-25(32)23(37-27(24)31-26(33)19-11-5-7-13-21(19)30)15-17-9-4-8-14-22(17)36-16-18-10-3-6-12-20(18)29/h3-15,32H,2,16H2,1H3/b23-15-,31-27?. The predicted molar refractivity (Wildman–Crippen MR) is 147 cm³/mol. The molecule has 0 aliphatic carbocycles. The lowest BCUT2D eigenvalue weighted by molar-refractivity contribution is -0.138. The van der Waals surface area contributed by atoms with Crippen molar-refractivity contribution < 1.29 is 24.2 Å². The molecule has 1 heterocycles. The number of benzene rings is 3. The van der Waals surface area contributed by atoms with E-state index in [2.05, 4.69) is 4.99 Å². The predicted octanol–water partition coefficient (Wildman–Crippen LogP) is 7.27. The highest BCUT2D eigenvalue weighted by Crippen LogP contribution is 2.40. The van der Waals surface area contributed by atoms with E-state index in [0.717, 1.165) is 17.3 Å². The molecule has 0 bridgehead atoms. The van der Waals surface area contributed by atoms with E-state index in [0.29, 0.717) is 21.2 Å². The third kappa shape index (κ3) is 6.25. The molecule has 1 N–H and O–H groups in total. The van der Waals surface area contributed by atoms with Crippen LogP contribution in [0.15, 0.2) is 94.0 Å². The van der Waals surface area contributed by atoms with Crippen molar-refractivity contribution in [3.63, 3.8) is 0 Å². The van der Waals surface area contributed by atoms with Gasteiger partial charge in [-0.1, -0.05) is 83.5 Å². The van der Waals surface area contributed by atoms with Gasteiger partial charge in [-0.15, -0.1) is 0 Å². The van der Waals surface area contributed by atoms with Crippen molar-refractivity contribution in [3.05, 3.63) is 116 Å². The second kappa shape index (κ2) is 12.1. The smallest absolute Gasteiger partial charge is 0.344 e. The van der Waals surface area contributed by atoms with Crippen molar-refractivity contribution in [2.45, 2.75) is 13.5 Å². The van der Waals surface area contributed by atoms with Crippen LogP contribution in [0.2, 0.25) is 10.0 Å². The van der Waals surface area contributed by atoms with E-state index in [1.54, 1.807) is 49.4 Å². The zero-order chi connectivity index (χ0) is 26.4. The monoisotopic (exact) mass is 553 g/mol. The summed E-state index contributed by atoms with van der Waals surface area (Å²) in [6.45, 7) is 1.97. The average molecular weight is 554 g/mol. The van der Waals surface area contributed by atoms with Gasteiger partial charge in [0.1, 0.15) is 28.7 Å². The van der Waals surface area contributed by atoms with Crippen LogP contribution in [-0.4, -0.2) is 28.6 Å². The van der Waals surface area contributed by atoms with Gasteiger partial charge in [-0.05, 0) is 37.3 Å². The first-order valence-corrected chi connectivity index (χ1v) is 12.8. The number of hydrogen-bond acceptors (Lipinski definition) is 6. The summed E-state index contributed by atoms with van der Waals surface area (Å²) in [7, 11) is 0. The van der Waals surface area contributed by atoms with Crippen LogP contribution in [0.5, 0.6) is 5.75 Å². The quantitative estimate of drug-likeness (QED) is 0.309. The van der Waals surface area contributed by atoms with Crippen LogP contribution in [-0.2, 0) is 16.1 Å². The minimum absolute atomic E-state index is 0.0154. The maximum absolute atomic E-state index is 12.8. The lowest BCUT2D eigenvalue weighted by Gasteiger charge is -2.11. The zero-order valence-electron chi connectivity index (χ0n) is 19.6. The van der Waals surface area contributed by atoms with Gasteiger partial charge in [0.25, 0.3) is 5.91 Å². The molecule has 37 heavy (non-hydrogen) atoms. The Balaban J connectivity index is 1.68. The highest BCUT2D eigenvalue weighted by molar-refractivity contribution is 8.18. The summed E-state index contributed by atoms with van der Waals surface area (Å²) in [6.07, 6.45) is 1.66. The Kier molecular flexibility index (Phi) is 8.71. The molecule has 0 radical (unpaired) electrons. The molecule has 0 unspecified atom stereocenters. The van der Waals surface area contributed by atoms with Crippen LogP contribution >= 0.6 is 35.0 Å². The van der Waals surface area contributed by atoms with Crippen LogP contribution in [0.1, 0.15) is 28.4 Å². The Morgan fingerprint density at radius 3 is 2.38 bits per heavy atom. The molecule has 1 aliphatic rings. The normalized spacial score (nSPS) is 15.3. The van der Waals surface area contributed by atoms with E-state index < -0.39 is 11.9 Å². The lowest BCUT2D eigenvalue weighted by Crippen LogP contribution is -2.14. The Bertz CT molecular complexity index is 1450. The number of nitrogens with zero attached hydrogens (tertiary/aromatic N) is 1. The van der Waals surface area contributed by atoms with Crippen molar-refractivity contribution in [3.8, 4) is 5.75 Å². The summed E-state index contributed by atoms with van der Waals surface area (Å²) < 4.78 is 11.1. The number of ether oxygens (including phenoxy) is 2. The summed E-state index contributed by atoms with van der Waals surface area (Å²) in [4.78, 5) is 29.9. The van der Waals surface area contributed by atoms with Gasteiger partial charge in [-0.3, -0.25) is 4.79 Å². The van der Waals surface area contributed by atoms with E-state index in [4.69, 9.17) is 32.7 Å². The lowest BCUT2D eigenvalue weighted by atomic mass is 10.1. The van der Waals surface area contributed by atoms with E-state index in [1.807, 2.05) is 30.3 Å². The first-order valence-electron chi connectivity index (χ1n) is 11.2. The fraction of sp³-hybridized carbons (Fsp3) is 0.107. The third-order valence-electron chi connectivity index (χ3n) is 5.22. The number of halogens is 2. The number of hydrogen-bond donors (Lipinski definition) is 1. The van der Waals surface area contributed by atoms with E-state index in [1.165, 1.54) is 6.07 Å². The maximum Gasteiger partial charge on any atom is 0.344 e. The number of thioether (sulfide) groups is 1. The van der Waals surface area contributed by atoms with Crippen LogP contribution in [0.25, 0.3) is 6.08 Å². The van der Waals surface area contributed by atoms with Gasteiger partial charge in [0.15, 0.2) is 0 Å². The van der Waals surface area contributed by atoms with Crippen LogP contribution in [0, 0.1) is 0 Å². The minimum atomic E-state index is -0.787. The van der Waals surface area contributed by atoms with Gasteiger partial charge in [-0.25, -0.2) is 9.79 Å². The molecule has 188 valence electrons. The molecule has 0 spiro atoms. The summed E-state index contributed by atoms with van der Waals surface area (Å²) in [5, 5.41) is 11.8. The summed E-state index contributed by atoms with van der Waals surface area (Å²) >= 11 is 13.4. The molecule has 0 aromatic heterocycles. The van der Waals surface area contributed by atoms with Gasteiger partial charge < -0.3 is 14.6 Å². The molecule has 0 saturated carbocycles. The topological polar surface area (TPSA) is 85.2 Å². The highest BCUT2D eigenvalue weighted by Gasteiger charge is 2.34. The molecule has 3 aromatic carbocycles. The number of aliphatic hydroxyl groups excluding tert-OH is 1. The Morgan fingerprint density at radius 1 is 0.973 bits per heavy atom. The Labute approximate surface area is 228 Å². The molecule has 0 atom stereocenters. The summed E-state index contributed by atoms with van der Waals surface area (Å²) in [5.41, 5.74) is 1.45. The summed E-state index contributed by atoms with van der Waals surface area (Å²) in [5.74, 6) is -1.23.